The number of carboxylic acids is 1. The van der Waals surface area contributed by atoms with Gasteiger partial charge < -0.3 is 14.6 Å². The normalized spacial score (nSPS) is 12.7. The van der Waals surface area contributed by atoms with Gasteiger partial charge in [0.05, 0.1) is 12.2 Å². The van der Waals surface area contributed by atoms with Crippen LogP contribution in [-0.2, 0) is 11.2 Å². The van der Waals surface area contributed by atoms with Crippen molar-refractivity contribution in [3.05, 3.63) is 59.3 Å². The second-order valence-corrected chi connectivity index (χ2v) is 6.82. The van der Waals surface area contributed by atoms with E-state index in [1.807, 2.05) is 24.3 Å². The van der Waals surface area contributed by atoms with Crippen LogP contribution in [-0.4, -0.2) is 22.0 Å². The third-order valence-corrected chi connectivity index (χ3v) is 4.59. The van der Waals surface area contributed by atoms with Gasteiger partial charge in [-0.2, -0.15) is 0 Å². The van der Waals surface area contributed by atoms with Gasteiger partial charge in [-0.15, -0.1) is 0 Å². The number of aryl methyl sites for hydroxylation is 1. The Morgan fingerprint density at radius 3 is 2.11 bits per heavy atom. The molecule has 2 rings (SSSR count). The predicted octanol–water partition coefficient (Wildman–Crippen LogP) is 5.54. The number of hydrogen-bond acceptors (Lipinski definition) is 4. The van der Waals surface area contributed by atoms with Crippen molar-refractivity contribution in [2.75, 3.05) is 0 Å². The number of furan rings is 1. The molecule has 1 aliphatic rings. The Kier molecular flexibility index (Phi) is 8.62. The van der Waals surface area contributed by atoms with Crippen LogP contribution in [0.3, 0.4) is 0 Å². The Morgan fingerprint density at radius 1 is 0.815 bits per heavy atom. The van der Waals surface area contributed by atoms with Crippen LogP contribution in [0.4, 0.5) is 0 Å². The van der Waals surface area contributed by atoms with Crippen LogP contribution < -0.4 is 0 Å². The third kappa shape index (κ3) is 7.69. The number of Topliss-reactive ketones (excluding diaryl/α,β-unsaturated/α-hetero) is 1. The fourth-order valence-electron chi connectivity index (χ4n) is 3.01. The quantitative estimate of drug-likeness (QED) is 0.270. The van der Waals surface area contributed by atoms with Gasteiger partial charge >= 0.3 is 5.97 Å². The maximum absolute atomic E-state index is 12.1. The summed E-state index contributed by atoms with van der Waals surface area (Å²) in [6.45, 7) is 0. The van der Waals surface area contributed by atoms with Gasteiger partial charge in [0.1, 0.15) is 5.76 Å². The smallest absolute Gasteiger partial charge is 0.303 e. The maximum Gasteiger partial charge on any atom is 0.303 e. The minimum Gasteiger partial charge on any atom is -0.512 e. The lowest BCUT2D eigenvalue weighted by Crippen LogP contribution is -1.98. The van der Waals surface area contributed by atoms with Crippen molar-refractivity contribution in [1.82, 2.24) is 0 Å². The summed E-state index contributed by atoms with van der Waals surface area (Å²) in [4.78, 5) is 22.6. The van der Waals surface area contributed by atoms with Crippen molar-refractivity contribution >= 4 is 11.8 Å². The number of unbranched alkanes of at least 4 members (excludes halogenated alkanes) is 5. The van der Waals surface area contributed by atoms with Crippen LogP contribution >= 0.6 is 0 Å². The standard InChI is InChI=1S/C22H28O5/c23-19(17-9-7-8-10-17)11-5-3-1-2-4-6-12-20(24)21-15-13-18(27-21)14-16-22(25)26/h7-10,13,15,23H,1-6,11-12,14,16H2,(H,25,26). The highest BCUT2D eigenvalue weighted by Crippen LogP contribution is 2.18. The van der Waals surface area contributed by atoms with Crippen LogP contribution in [0.2, 0.25) is 0 Å². The van der Waals surface area contributed by atoms with Gasteiger partial charge in [0.2, 0.25) is 0 Å². The largest absolute Gasteiger partial charge is 0.512 e. The summed E-state index contributed by atoms with van der Waals surface area (Å²) in [5, 5.41) is 18.6. The molecule has 1 aromatic heterocycles. The monoisotopic (exact) mass is 372 g/mol. The number of aliphatic carboxylic acids is 1. The van der Waals surface area contributed by atoms with E-state index in [9.17, 15) is 14.7 Å². The lowest BCUT2D eigenvalue weighted by atomic mass is 10.0. The minimum absolute atomic E-state index is 0.00340. The van der Waals surface area contributed by atoms with E-state index in [-0.39, 0.29) is 12.2 Å². The van der Waals surface area contributed by atoms with Crippen LogP contribution in [0.15, 0.2) is 52.2 Å². The number of carboxylic acid groups (broad SMARTS) is 1. The van der Waals surface area contributed by atoms with Crippen molar-refractivity contribution in [2.45, 2.75) is 64.2 Å². The van der Waals surface area contributed by atoms with E-state index in [2.05, 4.69) is 0 Å². The zero-order chi connectivity index (χ0) is 19.5. The molecular weight excluding hydrogens is 344 g/mol. The molecule has 0 spiro atoms. The summed E-state index contributed by atoms with van der Waals surface area (Å²) < 4.78 is 5.42. The van der Waals surface area contributed by atoms with Gasteiger partial charge in [0.15, 0.2) is 11.5 Å². The molecule has 5 heteroatoms. The minimum atomic E-state index is -0.877. The zero-order valence-electron chi connectivity index (χ0n) is 15.7. The summed E-state index contributed by atoms with van der Waals surface area (Å²) in [6.07, 6.45) is 15.2. The average Bonchev–Trinajstić information content (AvgIpc) is 3.33. The number of aliphatic hydroxyl groups excluding tert-OH is 1. The summed E-state index contributed by atoms with van der Waals surface area (Å²) in [5.41, 5.74) is 0.914. The topological polar surface area (TPSA) is 87.7 Å². The molecule has 0 amide bonds. The first-order valence-corrected chi connectivity index (χ1v) is 9.67. The fourth-order valence-corrected chi connectivity index (χ4v) is 3.01. The summed E-state index contributed by atoms with van der Waals surface area (Å²) >= 11 is 0. The predicted molar refractivity (Wildman–Crippen MR) is 104 cm³/mol. The molecule has 0 saturated carbocycles. The van der Waals surface area contributed by atoms with Crippen molar-refractivity contribution < 1.29 is 24.2 Å². The molecule has 0 unspecified atom stereocenters. The molecule has 0 radical (unpaired) electrons. The molecule has 0 bridgehead atoms. The molecule has 0 aliphatic heterocycles. The van der Waals surface area contributed by atoms with E-state index in [0.717, 1.165) is 44.1 Å². The highest BCUT2D eigenvalue weighted by atomic mass is 16.4. The molecule has 5 nitrogen and oxygen atoms in total. The number of carbonyl (C=O) groups is 2. The first-order chi connectivity index (χ1) is 13.1. The average molecular weight is 372 g/mol. The van der Waals surface area contributed by atoms with E-state index < -0.39 is 5.97 Å². The van der Waals surface area contributed by atoms with Gasteiger partial charge in [-0.05, 0) is 25.0 Å². The number of aliphatic hydroxyl groups is 1. The molecule has 1 aliphatic carbocycles. The summed E-state index contributed by atoms with van der Waals surface area (Å²) in [7, 11) is 0. The van der Waals surface area contributed by atoms with E-state index in [0.29, 0.717) is 36.5 Å². The van der Waals surface area contributed by atoms with Crippen molar-refractivity contribution in [2.24, 2.45) is 0 Å². The lowest BCUT2D eigenvalue weighted by molar-refractivity contribution is -0.137. The Bertz CT molecular complexity index is 707. The molecule has 1 heterocycles. The van der Waals surface area contributed by atoms with E-state index >= 15 is 0 Å². The van der Waals surface area contributed by atoms with Gasteiger partial charge in [0, 0.05) is 24.8 Å². The highest BCUT2D eigenvalue weighted by molar-refractivity contribution is 5.93. The molecule has 146 valence electrons. The zero-order valence-corrected chi connectivity index (χ0v) is 15.7. The Labute approximate surface area is 160 Å². The van der Waals surface area contributed by atoms with Crippen molar-refractivity contribution in [3.8, 4) is 0 Å². The maximum atomic E-state index is 12.1. The second kappa shape index (κ2) is 11.2. The number of hydrogen-bond donors (Lipinski definition) is 2. The molecule has 0 fully saturated rings. The van der Waals surface area contributed by atoms with Crippen LogP contribution in [0.5, 0.6) is 0 Å². The van der Waals surface area contributed by atoms with E-state index in [1.165, 1.54) is 0 Å². The van der Waals surface area contributed by atoms with E-state index in [4.69, 9.17) is 9.52 Å². The number of allylic oxidation sites excluding steroid dienone is 6. The number of carbonyl (C=O) groups excluding carboxylic acids is 1. The first-order valence-electron chi connectivity index (χ1n) is 9.67. The van der Waals surface area contributed by atoms with Crippen LogP contribution in [0.1, 0.15) is 74.1 Å². The molecule has 2 N–H and O–H groups in total. The number of ketones is 1. The second-order valence-electron chi connectivity index (χ2n) is 6.82. The molecule has 1 aromatic rings. The summed E-state index contributed by atoms with van der Waals surface area (Å²) in [6, 6.07) is 3.31. The van der Waals surface area contributed by atoms with Gasteiger partial charge in [0.25, 0.3) is 0 Å². The summed E-state index contributed by atoms with van der Waals surface area (Å²) in [5.74, 6) is 0.437. The Hall–Kier alpha value is -2.56. The SMILES string of the molecule is O=C(O)CCc1ccc(C(=O)CCCCCCCCC(O)=C2C=CC=C2)o1. The Morgan fingerprint density at radius 2 is 1.44 bits per heavy atom. The van der Waals surface area contributed by atoms with Gasteiger partial charge in [-0.1, -0.05) is 50.0 Å². The van der Waals surface area contributed by atoms with Crippen LogP contribution in [0, 0.1) is 0 Å². The van der Waals surface area contributed by atoms with E-state index in [1.54, 1.807) is 12.1 Å². The van der Waals surface area contributed by atoms with Crippen molar-refractivity contribution in [3.63, 3.8) is 0 Å². The lowest BCUT2D eigenvalue weighted by Gasteiger charge is -2.03. The molecule has 0 atom stereocenters. The van der Waals surface area contributed by atoms with Crippen molar-refractivity contribution in [1.29, 1.82) is 0 Å². The molecular formula is C22H28O5. The third-order valence-electron chi connectivity index (χ3n) is 4.59. The fraction of sp³-hybridized carbons (Fsp3) is 0.455. The molecule has 0 saturated heterocycles. The Balaban J connectivity index is 1.52. The first kappa shape index (κ1) is 20.7. The van der Waals surface area contributed by atoms with Gasteiger partial charge in [-0.25, -0.2) is 0 Å². The molecule has 0 aromatic carbocycles. The molecule has 27 heavy (non-hydrogen) atoms. The highest BCUT2D eigenvalue weighted by Gasteiger charge is 2.11. The van der Waals surface area contributed by atoms with Gasteiger partial charge in [-0.3, -0.25) is 9.59 Å². The number of rotatable bonds is 13. The van der Waals surface area contributed by atoms with Crippen LogP contribution in [0.25, 0.3) is 0 Å².